The molecule has 8 heteroatoms. The molecule has 0 radical (unpaired) electrons. The summed E-state index contributed by atoms with van der Waals surface area (Å²) in [5.41, 5.74) is -0.246. The lowest BCUT2D eigenvalue weighted by Crippen LogP contribution is -2.35. The Bertz CT molecular complexity index is 599. The van der Waals surface area contributed by atoms with E-state index in [0.29, 0.717) is 5.69 Å². The van der Waals surface area contributed by atoms with Crippen LogP contribution in [0.25, 0.3) is 0 Å². The van der Waals surface area contributed by atoms with E-state index < -0.39 is 12.4 Å². The first kappa shape index (κ1) is 14.3. The van der Waals surface area contributed by atoms with Crippen LogP contribution in [0.3, 0.4) is 0 Å². The summed E-state index contributed by atoms with van der Waals surface area (Å²) < 4.78 is 50.6. The Morgan fingerprint density at radius 2 is 2.00 bits per heavy atom. The SMILES string of the molecule is COc1ccc(OCc2ccn(C)n2)c([B-](F)(F)F)c1. The second-order valence-electron chi connectivity index (χ2n) is 4.25. The van der Waals surface area contributed by atoms with Gasteiger partial charge in [-0.1, -0.05) is 5.46 Å². The molecule has 0 unspecified atom stereocenters. The van der Waals surface area contributed by atoms with Gasteiger partial charge in [0.25, 0.3) is 0 Å². The Kier molecular flexibility index (Phi) is 3.92. The summed E-state index contributed by atoms with van der Waals surface area (Å²) in [4.78, 5) is 0. The summed E-state index contributed by atoms with van der Waals surface area (Å²) in [6.45, 7) is -5.19. The number of halogens is 3. The molecule has 1 aromatic carbocycles. The maximum Gasteiger partial charge on any atom is 0.513 e. The topological polar surface area (TPSA) is 36.3 Å². The van der Waals surface area contributed by atoms with Crippen LogP contribution in [0.1, 0.15) is 5.69 Å². The Balaban J connectivity index is 2.22. The van der Waals surface area contributed by atoms with E-state index in [0.717, 1.165) is 6.07 Å². The average Bonchev–Trinajstić information content (AvgIpc) is 2.81. The number of nitrogens with zero attached hydrogens (tertiary/aromatic N) is 2. The van der Waals surface area contributed by atoms with Gasteiger partial charge in [0.2, 0.25) is 0 Å². The third-order valence-corrected chi connectivity index (χ3v) is 2.71. The zero-order chi connectivity index (χ0) is 14.8. The van der Waals surface area contributed by atoms with Gasteiger partial charge in [0.05, 0.1) is 18.6 Å². The van der Waals surface area contributed by atoms with Gasteiger partial charge in [0, 0.05) is 13.2 Å². The van der Waals surface area contributed by atoms with Crippen molar-refractivity contribution in [2.45, 2.75) is 6.61 Å². The molecule has 4 nitrogen and oxygen atoms in total. The number of ether oxygens (including phenoxy) is 2. The highest BCUT2D eigenvalue weighted by Crippen LogP contribution is 2.22. The third-order valence-electron chi connectivity index (χ3n) is 2.71. The van der Waals surface area contributed by atoms with Crippen molar-refractivity contribution >= 4 is 12.4 Å². The van der Waals surface area contributed by atoms with Gasteiger partial charge in [0.1, 0.15) is 12.4 Å². The number of aryl methyl sites for hydroxylation is 1. The predicted molar refractivity (Wildman–Crippen MR) is 69.2 cm³/mol. The fourth-order valence-electron chi connectivity index (χ4n) is 1.73. The van der Waals surface area contributed by atoms with Crippen LogP contribution < -0.4 is 14.9 Å². The first-order chi connectivity index (χ1) is 9.40. The molecule has 1 aromatic heterocycles. The Morgan fingerprint density at radius 1 is 1.25 bits per heavy atom. The molecule has 0 aliphatic carbocycles. The van der Waals surface area contributed by atoms with Crippen molar-refractivity contribution in [2.24, 2.45) is 7.05 Å². The maximum absolute atomic E-state index is 13.0. The van der Waals surface area contributed by atoms with Crippen LogP contribution in [0, 0.1) is 0 Å². The second-order valence-corrected chi connectivity index (χ2v) is 4.25. The fourth-order valence-corrected chi connectivity index (χ4v) is 1.73. The van der Waals surface area contributed by atoms with Crippen molar-refractivity contribution in [2.75, 3.05) is 7.11 Å². The first-order valence-corrected chi connectivity index (χ1v) is 5.89. The van der Waals surface area contributed by atoms with Crippen molar-refractivity contribution in [1.82, 2.24) is 9.78 Å². The van der Waals surface area contributed by atoms with E-state index in [4.69, 9.17) is 9.47 Å². The summed E-state index contributed by atoms with van der Waals surface area (Å²) in [5, 5.41) is 4.04. The lowest BCUT2D eigenvalue weighted by atomic mass is 9.79. The number of benzene rings is 1. The molecule has 2 rings (SSSR count). The number of hydrogen-bond donors (Lipinski definition) is 0. The second kappa shape index (κ2) is 5.48. The number of aromatic nitrogens is 2. The largest absolute Gasteiger partial charge is 0.513 e. The van der Waals surface area contributed by atoms with E-state index in [-0.39, 0.29) is 18.1 Å². The van der Waals surface area contributed by atoms with Gasteiger partial charge in [0.15, 0.2) is 0 Å². The molecule has 0 bridgehead atoms. The molecule has 0 aliphatic rings. The molecule has 0 N–H and O–H groups in total. The minimum atomic E-state index is -5.17. The molecule has 0 atom stereocenters. The molecule has 0 amide bonds. The standard InChI is InChI=1S/C12H13BF3N2O2/c1-18-6-5-9(17-18)8-20-12-4-3-10(19-2)7-11(12)13(14,15)16/h3-7H,8H2,1-2H3/q-1. The van der Waals surface area contributed by atoms with Gasteiger partial charge in [-0.15, -0.1) is 0 Å². The first-order valence-electron chi connectivity index (χ1n) is 5.89. The molecule has 0 saturated carbocycles. The van der Waals surface area contributed by atoms with E-state index in [1.165, 1.54) is 19.2 Å². The molecule has 20 heavy (non-hydrogen) atoms. The maximum atomic E-state index is 13.0. The Morgan fingerprint density at radius 3 is 2.55 bits per heavy atom. The number of hydrogen-bond acceptors (Lipinski definition) is 3. The van der Waals surface area contributed by atoms with Crippen molar-refractivity contribution < 1.29 is 22.4 Å². The molecular formula is C12H13BF3N2O2-. The lowest BCUT2D eigenvalue weighted by Gasteiger charge is -2.20. The molecule has 2 aromatic rings. The zero-order valence-corrected chi connectivity index (χ0v) is 11.0. The minimum Gasteiger partial charge on any atom is -0.497 e. The van der Waals surface area contributed by atoms with Gasteiger partial charge >= 0.3 is 6.98 Å². The van der Waals surface area contributed by atoms with E-state index in [1.807, 2.05) is 0 Å². The lowest BCUT2D eigenvalue weighted by molar-refractivity contribution is 0.300. The van der Waals surface area contributed by atoms with Crippen molar-refractivity contribution in [1.29, 1.82) is 0 Å². The van der Waals surface area contributed by atoms with Crippen LogP contribution in [0.5, 0.6) is 11.5 Å². The number of rotatable bonds is 5. The highest BCUT2D eigenvalue weighted by atomic mass is 19.4. The Labute approximate surface area is 114 Å². The van der Waals surface area contributed by atoms with Crippen molar-refractivity contribution in [3.8, 4) is 11.5 Å². The summed E-state index contributed by atoms with van der Waals surface area (Å²) in [5.74, 6) is -0.0756. The van der Waals surface area contributed by atoms with Gasteiger partial charge in [-0.2, -0.15) is 5.10 Å². The van der Waals surface area contributed by atoms with Gasteiger partial charge in [-0.3, -0.25) is 4.68 Å². The third kappa shape index (κ3) is 3.25. The molecule has 0 fully saturated rings. The van der Waals surface area contributed by atoms with Crippen molar-refractivity contribution in [3.05, 3.63) is 36.2 Å². The normalized spacial score (nSPS) is 11.4. The van der Waals surface area contributed by atoms with Gasteiger partial charge < -0.3 is 22.4 Å². The van der Waals surface area contributed by atoms with E-state index in [9.17, 15) is 12.9 Å². The summed E-state index contributed by atoms with van der Waals surface area (Å²) in [6, 6.07) is 5.31. The number of methoxy groups -OCH3 is 1. The minimum absolute atomic E-state index is 0.0215. The predicted octanol–water partition coefficient (Wildman–Crippen LogP) is 2.06. The highest BCUT2D eigenvalue weighted by molar-refractivity contribution is 6.74. The van der Waals surface area contributed by atoms with E-state index in [2.05, 4.69) is 5.10 Å². The van der Waals surface area contributed by atoms with Crippen LogP contribution in [0.2, 0.25) is 0 Å². The highest BCUT2D eigenvalue weighted by Gasteiger charge is 2.30. The quantitative estimate of drug-likeness (QED) is 0.789. The molecule has 108 valence electrons. The van der Waals surface area contributed by atoms with Crippen LogP contribution in [0.15, 0.2) is 30.5 Å². The van der Waals surface area contributed by atoms with Crippen LogP contribution in [0.4, 0.5) is 12.9 Å². The Hall–Kier alpha value is -2.12. The van der Waals surface area contributed by atoms with Crippen LogP contribution in [-0.2, 0) is 13.7 Å². The summed E-state index contributed by atoms with van der Waals surface area (Å²) in [6.07, 6.45) is 1.70. The van der Waals surface area contributed by atoms with Crippen LogP contribution >= 0.6 is 0 Å². The molecule has 1 heterocycles. The smallest absolute Gasteiger partial charge is 0.497 e. The average molecular weight is 285 g/mol. The molecule has 0 spiro atoms. The van der Waals surface area contributed by atoms with E-state index >= 15 is 0 Å². The van der Waals surface area contributed by atoms with Crippen molar-refractivity contribution in [3.63, 3.8) is 0 Å². The summed E-state index contributed by atoms with van der Waals surface area (Å²) in [7, 11) is 3.04. The van der Waals surface area contributed by atoms with Crippen LogP contribution in [-0.4, -0.2) is 23.9 Å². The van der Waals surface area contributed by atoms with Gasteiger partial charge in [-0.25, -0.2) is 0 Å². The summed E-state index contributed by atoms with van der Waals surface area (Å²) >= 11 is 0. The molecule has 0 aliphatic heterocycles. The molecular weight excluding hydrogens is 272 g/mol. The van der Waals surface area contributed by atoms with E-state index in [1.54, 1.807) is 24.0 Å². The zero-order valence-electron chi connectivity index (χ0n) is 11.0. The van der Waals surface area contributed by atoms with Gasteiger partial charge in [-0.05, 0) is 24.3 Å². The molecule has 0 saturated heterocycles. The monoisotopic (exact) mass is 285 g/mol. The fraction of sp³-hybridized carbons (Fsp3) is 0.250.